The van der Waals surface area contributed by atoms with Gasteiger partial charge in [0.15, 0.2) is 0 Å². The maximum absolute atomic E-state index is 14.8. The molecule has 3 aromatic rings. The molecule has 1 aromatic heterocycles. The average molecular weight is 543 g/mol. The largest absolute Gasteiger partial charge is 0.387 e. The lowest BCUT2D eigenvalue weighted by atomic mass is 9.82. The number of primary amides is 1. The molecule has 1 heterocycles. The van der Waals surface area contributed by atoms with Gasteiger partial charge in [-0.05, 0) is 41.7 Å². The Morgan fingerprint density at radius 3 is 2.26 bits per heavy atom. The van der Waals surface area contributed by atoms with Crippen molar-refractivity contribution in [2.75, 3.05) is 13.2 Å². The number of hydrogen-bond acceptors (Lipinski definition) is 4. The SMILES string of the molecule is CC.CC(C)(C)C(c1cc(-c2cc(F)ccc2F)cn1Cc1ccccc1)N(CCC(N)C(N)=O)C(=O)CO. The molecule has 0 aliphatic heterocycles. The van der Waals surface area contributed by atoms with Crippen molar-refractivity contribution in [3.8, 4) is 11.1 Å². The fraction of sp³-hybridized carbons (Fsp3) is 0.400. The molecule has 0 fully saturated rings. The van der Waals surface area contributed by atoms with E-state index in [1.54, 1.807) is 12.3 Å². The molecule has 2 aromatic carbocycles. The van der Waals surface area contributed by atoms with Gasteiger partial charge in [-0.2, -0.15) is 0 Å². The molecule has 2 amide bonds. The highest BCUT2D eigenvalue weighted by atomic mass is 19.1. The Balaban J connectivity index is 0.00000260. The predicted octanol–water partition coefficient (Wildman–Crippen LogP) is 4.62. The van der Waals surface area contributed by atoms with Gasteiger partial charge < -0.3 is 26.0 Å². The first-order valence-corrected chi connectivity index (χ1v) is 13.1. The van der Waals surface area contributed by atoms with Crippen molar-refractivity contribution in [2.24, 2.45) is 16.9 Å². The van der Waals surface area contributed by atoms with Gasteiger partial charge in [-0.3, -0.25) is 9.59 Å². The zero-order valence-electron chi connectivity index (χ0n) is 23.3. The summed E-state index contributed by atoms with van der Waals surface area (Å²) < 4.78 is 30.7. The minimum Gasteiger partial charge on any atom is -0.387 e. The van der Waals surface area contributed by atoms with E-state index < -0.39 is 47.6 Å². The van der Waals surface area contributed by atoms with Crippen molar-refractivity contribution in [1.82, 2.24) is 9.47 Å². The molecule has 5 N–H and O–H groups in total. The van der Waals surface area contributed by atoms with Crippen LogP contribution < -0.4 is 11.5 Å². The monoisotopic (exact) mass is 542 g/mol. The summed E-state index contributed by atoms with van der Waals surface area (Å²) in [7, 11) is 0. The molecular formula is C30H40F2N4O3. The van der Waals surface area contributed by atoms with E-state index in [1.807, 2.05) is 69.5 Å². The van der Waals surface area contributed by atoms with Crippen LogP contribution in [0.1, 0.15) is 58.3 Å². The molecular weight excluding hydrogens is 502 g/mol. The Morgan fingerprint density at radius 1 is 1.05 bits per heavy atom. The smallest absolute Gasteiger partial charge is 0.248 e. The molecule has 0 bridgehead atoms. The highest BCUT2D eigenvalue weighted by molar-refractivity contribution is 5.80. The third-order valence-electron chi connectivity index (χ3n) is 6.28. The number of benzene rings is 2. The van der Waals surface area contributed by atoms with Crippen LogP contribution in [0.5, 0.6) is 0 Å². The van der Waals surface area contributed by atoms with Gasteiger partial charge in [0, 0.05) is 36.1 Å². The van der Waals surface area contributed by atoms with Gasteiger partial charge in [-0.1, -0.05) is 65.0 Å². The topological polar surface area (TPSA) is 115 Å². The quantitative estimate of drug-likeness (QED) is 0.347. The number of hydrogen-bond donors (Lipinski definition) is 3. The highest BCUT2D eigenvalue weighted by Gasteiger charge is 2.37. The van der Waals surface area contributed by atoms with Crippen molar-refractivity contribution in [3.63, 3.8) is 0 Å². The van der Waals surface area contributed by atoms with Crippen molar-refractivity contribution in [3.05, 3.63) is 83.7 Å². The summed E-state index contributed by atoms with van der Waals surface area (Å²) in [5.74, 6) is -2.39. The van der Waals surface area contributed by atoms with Crippen molar-refractivity contribution in [2.45, 2.75) is 59.7 Å². The molecule has 9 heteroatoms. The molecule has 0 aliphatic rings. The number of nitrogens with zero attached hydrogens (tertiary/aromatic N) is 2. The number of aliphatic hydroxyl groups excluding tert-OH is 1. The van der Waals surface area contributed by atoms with Crippen LogP contribution in [0.2, 0.25) is 0 Å². The van der Waals surface area contributed by atoms with Crippen LogP contribution in [0.15, 0.2) is 60.8 Å². The van der Waals surface area contributed by atoms with Gasteiger partial charge in [-0.15, -0.1) is 0 Å². The summed E-state index contributed by atoms with van der Waals surface area (Å²) in [6.07, 6.45) is 1.83. The van der Waals surface area contributed by atoms with Gasteiger partial charge >= 0.3 is 0 Å². The second kappa shape index (κ2) is 14.0. The zero-order chi connectivity index (χ0) is 29.3. The second-order valence-corrected chi connectivity index (χ2v) is 10.2. The lowest BCUT2D eigenvalue weighted by molar-refractivity contribution is -0.140. The van der Waals surface area contributed by atoms with Crippen LogP contribution in [0.3, 0.4) is 0 Å². The molecule has 0 spiro atoms. The molecule has 39 heavy (non-hydrogen) atoms. The maximum Gasteiger partial charge on any atom is 0.248 e. The molecule has 0 aliphatic carbocycles. The van der Waals surface area contributed by atoms with E-state index in [4.69, 9.17) is 11.5 Å². The molecule has 7 nitrogen and oxygen atoms in total. The van der Waals surface area contributed by atoms with Gasteiger partial charge in [0.2, 0.25) is 11.8 Å². The fourth-order valence-electron chi connectivity index (χ4n) is 4.52. The van der Waals surface area contributed by atoms with Crippen molar-refractivity contribution in [1.29, 1.82) is 0 Å². The summed E-state index contributed by atoms with van der Waals surface area (Å²) in [6.45, 7) is 9.53. The third-order valence-corrected chi connectivity index (χ3v) is 6.28. The fourth-order valence-corrected chi connectivity index (χ4v) is 4.52. The van der Waals surface area contributed by atoms with Gasteiger partial charge in [-0.25, -0.2) is 8.78 Å². The normalized spacial score (nSPS) is 12.7. The van der Waals surface area contributed by atoms with Crippen molar-refractivity contribution >= 4 is 11.8 Å². The third kappa shape index (κ3) is 8.21. The number of aromatic nitrogens is 1. The molecule has 0 saturated heterocycles. The van der Waals surface area contributed by atoms with Crippen LogP contribution in [-0.4, -0.2) is 45.6 Å². The number of carbonyl (C=O) groups is 2. The summed E-state index contributed by atoms with van der Waals surface area (Å²) in [4.78, 5) is 26.0. The summed E-state index contributed by atoms with van der Waals surface area (Å²) >= 11 is 0. The van der Waals surface area contributed by atoms with E-state index in [-0.39, 0.29) is 18.5 Å². The van der Waals surface area contributed by atoms with Gasteiger partial charge in [0.05, 0.1) is 12.1 Å². The van der Waals surface area contributed by atoms with E-state index >= 15 is 0 Å². The van der Waals surface area contributed by atoms with Crippen LogP contribution >= 0.6 is 0 Å². The minimum atomic E-state index is -0.970. The standard InChI is InChI=1S/C28H34F2N4O3.C2H6/c1-28(2,3)26(34(25(36)17-35)12-11-23(31)27(32)37)24-13-19(21-14-20(29)9-10-22(21)30)16-33(24)15-18-7-5-4-6-8-18;1-2/h4-10,13-14,16,23,26,35H,11-12,15,17,31H2,1-3H3,(H2,32,37);1-2H3. The average Bonchev–Trinajstić information content (AvgIpc) is 3.30. The molecule has 0 radical (unpaired) electrons. The number of rotatable bonds is 10. The molecule has 0 saturated carbocycles. The van der Waals surface area contributed by atoms with Crippen molar-refractivity contribution < 1.29 is 23.5 Å². The Bertz CT molecular complexity index is 1240. The van der Waals surface area contributed by atoms with Crippen LogP contribution in [0.25, 0.3) is 11.1 Å². The highest BCUT2D eigenvalue weighted by Crippen LogP contribution is 2.41. The minimum absolute atomic E-state index is 0.0611. The number of aliphatic hydroxyl groups is 1. The molecule has 2 atom stereocenters. The summed E-state index contributed by atoms with van der Waals surface area (Å²) in [5.41, 5.74) is 12.8. The summed E-state index contributed by atoms with van der Waals surface area (Å²) in [6, 6.07) is 13.0. The number of amides is 2. The lowest BCUT2D eigenvalue weighted by Crippen LogP contribution is -2.46. The van der Waals surface area contributed by atoms with Gasteiger partial charge in [0.25, 0.3) is 0 Å². The molecule has 2 unspecified atom stereocenters. The Hall–Kier alpha value is -3.56. The molecule has 212 valence electrons. The van der Waals surface area contributed by atoms with Crippen LogP contribution in [-0.2, 0) is 16.1 Å². The van der Waals surface area contributed by atoms with E-state index in [1.165, 1.54) is 4.90 Å². The number of halogens is 2. The van der Waals surface area contributed by atoms with E-state index in [9.17, 15) is 23.5 Å². The first kappa shape index (κ1) is 31.7. The Labute approximate surface area is 229 Å². The van der Waals surface area contributed by atoms with E-state index in [0.717, 1.165) is 23.8 Å². The van der Waals surface area contributed by atoms with Crippen LogP contribution in [0, 0.1) is 17.0 Å². The second-order valence-electron chi connectivity index (χ2n) is 10.2. The lowest BCUT2D eigenvalue weighted by Gasteiger charge is -2.41. The Morgan fingerprint density at radius 2 is 1.69 bits per heavy atom. The Kier molecular flexibility index (Phi) is 11.4. The van der Waals surface area contributed by atoms with E-state index in [2.05, 4.69) is 0 Å². The van der Waals surface area contributed by atoms with Crippen LogP contribution in [0.4, 0.5) is 8.78 Å². The number of nitrogens with two attached hydrogens (primary N) is 2. The summed E-state index contributed by atoms with van der Waals surface area (Å²) in [5, 5.41) is 9.78. The first-order chi connectivity index (χ1) is 18.4. The first-order valence-electron chi connectivity index (χ1n) is 13.1. The van der Waals surface area contributed by atoms with E-state index in [0.29, 0.717) is 17.8 Å². The van der Waals surface area contributed by atoms with Gasteiger partial charge in [0.1, 0.15) is 18.2 Å². The molecule has 3 rings (SSSR count). The predicted molar refractivity (Wildman–Crippen MR) is 149 cm³/mol. The maximum atomic E-state index is 14.8. The number of carbonyl (C=O) groups excluding carboxylic acids is 2. The zero-order valence-corrected chi connectivity index (χ0v) is 23.3.